The zero-order chi connectivity index (χ0) is 27.0. The van der Waals surface area contributed by atoms with Gasteiger partial charge in [0, 0.05) is 32.2 Å². The van der Waals surface area contributed by atoms with Crippen LogP contribution in [-0.2, 0) is 11.2 Å². The molecule has 200 valence electrons. The number of carbonyl (C=O) groups excluding carboxylic acids is 1. The predicted octanol–water partition coefficient (Wildman–Crippen LogP) is 3.49. The first kappa shape index (κ1) is 29.2. The summed E-state index contributed by atoms with van der Waals surface area (Å²) in [6, 6.07) is 13.3. The molecule has 0 radical (unpaired) electrons. The molecule has 0 saturated heterocycles. The molecular formula is C27H37N5O5. The van der Waals surface area contributed by atoms with Gasteiger partial charge in [0.05, 0.1) is 19.1 Å². The van der Waals surface area contributed by atoms with Crippen molar-refractivity contribution in [3.63, 3.8) is 0 Å². The highest BCUT2D eigenvalue weighted by atomic mass is 16.6. The normalized spacial score (nSPS) is 11.4. The smallest absolute Gasteiger partial charge is 0.274 e. The van der Waals surface area contributed by atoms with E-state index in [1.54, 1.807) is 21.3 Å². The van der Waals surface area contributed by atoms with Gasteiger partial charge >= 0.3 is 0 Å². The van der Waals surface area contributed by atoms with Crippen molar-refractivity contribution in [3.05, 3.63) is 81.8 Å². The van der Waals surface area contributed by atoms with E-state index >= 15 is 0 Å². The van der Waals surface area contributed by atoms with Gasteiger partial charge in [0.1, 0.15) is 0 Å². The minimum Gasteiger partial charge on any atom is -0.493 e. The molecule has 0 fully saturated rings. The van der Waals surface area contributed by atoms with Gasteiger partial charge < -0.3 is 30.3 Å². The summed E-state index contributed by atoms with van der Waals surface area (Å²) < 4.78 is 10.6. The van der Waals surface area contributed by atoms with E-state index in [1.807, 2.05) is 54.6 Å². The van der Waals surface area contributed by atoms with E-state index in [0.29, 0.717) is 18.7 Å². The first-order chi connectivity index (χ1) is 17.8. The Balaban J connectivity index is 1.64. The molecule has 0 aromatic heterocycles. The van der Waals surface area contributed by atoms with Crippen LogP contribution in [0.25, 0.3) is 6.08 Å². The van der Waals surface area contributed by atoms with Crippen molar-refractivity contribution in [1.29, 1.82) is 0 Å². The molecule has 37 heavy (non-hydrogen) atoms. The Morgan fingerprint density at radius 3 is 2.46 bits per heavy atom. The quantitative estimate of drug-likeness (QED) is 0.178. The van der Waals surface area contributed by atoms with Crippen molar-refractivity contribution >= 4 is 17.7 Å². The third-order valence-corrected chi connectivity index (χ3v) is 5.58. The van der Waals surface area contributed by atoms with Crippen LogP contribution in [0.1, 0.15) is 24.0 Å². The van der Waals surface area contributed by atoms with Gasteiger partial charge in [-0.25, -0.2) is 0 Å². The van der Waals surface area contributed by atoms with E-state index < -0.39 is 4.92 Å². The maximum atomic E-state index is 12.1. The predicted molar refractivity (Wildman–Crippen MR) is 146 cm³/mol. The first-order valence-corrected chi connectivity index (χ1v) is 12.1. The highest BCUT2D eigenvalue weighted by Crippen LogP contribution is 2.27. The van der Waals surface area contributed by atoms with Crippen LogP contribution in [0.3, 0.4) is 0 Å². The van der Waals surface area contributed by atoms with Crippen molar-refractivity contribution in [1.82, 2.24) is 15.5 Å². The number of likely N-dealkylation sites (N-methyl/N-ethyl adjacent to an activating group) is 1. The van der Waals surface area contributed by atoms with Gasteiger partial charge in [0.2, 0.25) is 5.91 Å². The van der Waals surface area contributed by atoms with Crippen molar-refractivity contribution in [2.24, 2.45) is 0 Å². The summed E-state index contributed by atoms with van der Waals surface area (Å²) in [6.07, 6.45) is 6.62. The summed E-state index contributed by atoms with van der Waals surface area (Å²) in [4.78, 5) is 24.4. The Hall–Kier alpha value is -4.05. The van der Waals surface area contributed by atoms with Crippen molar-refractivity contribution in [2.75, 3.05) is 53.3 Å². The van der Waals surface area contributed by atoms with Crippen LogP contribution in [0, 0.1) is 10.1 Å². The largest absolute Gasteiger partial charge is 0.493 e. The molecule has 2 aromatic carbocycles. The lowest BCUT2D eigenvalue weighted by molar-refractivity contribution is -0.403. The van der Waals surface area contributed by atoms with Gasteiger partial charge in [-0.15, -0.1) is 0 Å². The van der Waals surface area contributed by atoms with Crippen LogP contribution in [-0.4, -0.2) is 63.7 Å². The van der Waals surface area contributed by atoms with Gasteiger partial charge in [0.15, 0.2) is 17.3 Å². The number of amides is 1. The number of hydrogen-bond acceptors (Lipinski definition) is 8. The number of nitrogens with zero attached hydrogens (tertiary/aromatic N) is 2. The number of anilines is 1. The van der Waals surface area contributed by atoms with Crippen LogP contribution in [0.5, 0.6) is 11.5 Å². The molecular weight excluding hydrogens is 474 g/mol. The third kappa shape index (κ3) is 11.0. The third-order valence-electron chi connectivity index (χ3n) is 5.58. The summed E-state index contributed by atoms with van der Waals surface area (Å²) >= 11 is 0. The number of nitro groups is 1. The van der Waals surface area contributed by atoms with E-state index in [9.17, 15) is 14.9 Å². The van der Waals surface area contributed by atoms with Crippen LogP contribution >= 0.6 is 0 Å². The van der Waals surface area contributed by atoms with Crippen molar-refractivity contribution < 1.29 is 19.2 Å². The summed E-state index contributed by atoms with van der Waals surface area (Å²) in [6.45, 7) is 2.41. The van der Waals surface area contributed by atoms with E-state index in [4.69, 9.17) is 9.47 Å². The number of hydrogen-bond donors (Lipinski definition) is 3. The SMILES string of the molecule is CNC(=C[N+](=O)[O-])Nc1ccc(/C=C/CC(=O)NCCCN(C)CCc2ccc(OC)c(OC)c2)cc1. The van der Waals surface area contributed by atoms with E-state index in [-0.39, 0.29) is 11.7 Å². The zero-order valence-electron chi connectivity index (χ0n) is 22.0. The number of ether oxygens (including phenoxy) is 2. The number of nitrogens with one attached hydrogen (secondary N) is 3. The molecule has 10 heteroatoms. The second-order valence-corrected chi connectivity index (χ2v) is 8.38. The molecule has 0 spiro atoms. The second-order valence-electron chi connectivity index (χ2n) is 8.38. The summed E-state index contributed by atoms with van der Waals surface area (Å²) in [5.41, 5.74) is 2.83. The average molecular weight is 512 g/mol. The van der Waals surface area contributed by atoms with Gasteiger partial charge in [-0.05, 0) is 61.8 Å². The molecule has 0 bridgehead atoms. The molecule has 0 heterocycles. The Morgan fingerprint density at radius 1 is 1.08 bits per heavy atom. The summed E-state index contributed by atoms with van der Waals surface area (Å²) in [5.74, 6) is 1.73. The monoisotopic (exact) mass is 511 g/mol. The molecule has 0 aliphatic rings. The van der Waals surface area contributed by atoms with Crippen LogP contribution in [0.15, 0.2) is 60.6 Å². The highest BCUT2D eigenvalue weighted by molar-refractivity contribution is 5.78. The lowest BCUT2D eigenvalue weighted by Gasteiger charge is -2.17. The van der Waals surface area contributed by atoms with Crippen LogP contribution in [0.4, 0.5) is 5.69 Å². The maximum Gasteiger partial charge on any atom is 0.274 e. The number of carbonyl (C=O) groups is 1. The fraction of sp³-hybridized carbons (Fsp3) is 0.370. The number of rotatable bonds is 16. The minimum atomic E-state index is -0.527. The van der Waals surface area contributed by atoms with E-state index in [0.717, 1.165) is 49.2 Å². The molecule has 2 aromatic rings. The molecule has 0 aliphatic carbocycles. The Morgan fingerprint density at radius 2 is 1.81 bits per heavy atom. The minimum absolute atomic E-state index is 0.0221. The standard InChI is InChI=1S/C27H37N5O5/c1-28-26(20-32(34)35)30-23-12-9-21(10-13-23)7-5-8-27(33)29-16-6-17-31(2)18-15-22-11-14-24(36-3)25(19-22)37-4/h5,7,9-14,19-20,28,30H,6,8,15-18H2,1-4H3,(H,29,33)/b7-5+,26-20?. The summed E-state index contributed by atoms with van der Waals surface area (Å²) in [7, 11) is 6.94. The van der Waals surface area contributed by atoms with Crippen molar-refractivity contribution in [2.45, 2.75) is 19.3 Å². The molecule has 2 rings (SSSR count). The van der Waals surface area contributed by atoms with Gasteiger partial charge in [-0.1, -0.05) is 30.4 Å². The Kier molecular flexibility index (Phi) is 12.5. The lowest BCUT2D eigenvalue weighted by Crippen LogP contribution is -2.28. The van der Waals surface area contributed by atoms with Gasteiger partial charge in [-0.3, -0.25) is 14.9 Å². The number of benzene rings is 2. The fourth-order valence-electron chi connectivity index (χ4n) is 3.52. The molecule has 3 N–H and O–H groups in total. The van der Waals surface area contributed by atoms with E-state index in [1.165, 1.54) is 5.56 Å². The molecule has 0 aliphatic heterocycles. The first-order valence-electron chi connectivity index (χ1n) is 12.1. The molecule has 0 atom stereocenters. The van der Waals surface area contributed by atoms with Crippen LogP contribution in [0.2, 0.25) is 0 Å². The molecule has 1 amide bonds. The summed E-state index contributed by atoms with van der Waals surface area (Å²) in [5, 5.41) is 19.2. The molecule has 0 saturated carbocycles. The van der Waals surface area contributed by atoms with Crippen LogP contribution < -0.4 is 25.4 Å². The maximum absolute atomic E-state index is 12.1. The molecule has 0 unspecified atom stereocenters. The topological polar surface area (TPSA) is 118 Å². The van der Waals surface area contributed by atoms with E-state index in [2.05, 4.69) is 27.9 Å². The van der Waals surface area contributed by atoms with Gasteiger partial charge in [0.25, 0.3) is 6.20 Å². The number of methoxy groups -OCH3 is 2. The zero-order valence-corrected chi connectivity index (χ0v) is 22.0. The fourth-order valence-corrected chi connectivity index (χ4v) is 3.52. The van der Waals surface area contributed by atoms with Crippen molar-refractivity contribution in [3.8, 4) is 11.5 Å². The molecule has 10 nitrogen and oxygen atoms in total. The lowest BCUT2D eigenvalue weighted by atomic mass is 10.1. The second kappa shape index (κ2) is 15.8. The Labute approximate surface area is 218 Å². The van der Waals surface area contributed by atoms with Gasteiger partial charge in [-0.2, -0.15) is 0 Å². The Bertz CT molecular complexity index is 1070. The average Bonchev–Trinajstić information content (AvgIpc) is 2.90. The highest BCUT2D eigenvalue weighted by Gasteiger charge is 2.06.